The summed E-state index contributed by atoms with van der Waals surface area (Å²) in [5.74, 6) is 0. The normalized spacial score (nSPS) is 20.6. The Labute approximate surface area is 85.1 Å². The van der Waals surface area contributed by atoms with Gasteiger partial charge < -0.3 is 5.73 Å². The molecule has 1 aliphatic rings. The molecule has 2 rings (SSSR count). The maximum absolute atomic E-state index is 6.22. The fraction of sp³-hybridized carbons (Fsp3) is 0.556. The molecule has 1 nitrogen and oxygen atoms in total. The number of thiophene rings is 1. The van der Waals surface area contributed by atoms with E-state index in [1.807, 2.05) is 11.3 Å². The van der Waals surface area contributed by atoms with Crippen LogP contribution in [0.25, 0.3) is 0 Å². The summed E-state index contributed by atoms with van der Waals surface area (Å²) in [5, 5.41) is 0. The van der Waals surface area contributed by atoms with E-state index in [0.717, 1.165) is 12.8 Å². The number of hydrogen-bond donors (Lipinski definition) is 1. The second-order valence-electron chi connectivity index (χ2n) is 3.54. The van der Waals surface area contributed by atoms with Crippen molar-refractivity contribution in [3.05, 3.63) is 20.3 Å². The summed E-state index contributed by atoms with van der Waals surface area (Å²) in [4.78, 5) is 2.68. The van der Waals surface area contributed by atoms with Gasteiger partial charge in [0.05, 0.1) is 5.54 Å². The molecule has 1 aromatic heterocycles. The lowest BCUT2D eigenvalue weighted by molar-refractivity contribution is 0.258. The minimum Gasteiger partial charge on any atom is -0.321 e. The third-order valence-corrected chi connectivity index (χ3v) is 4.67. The third-order valence-electron chi connectivity index (χ3n) is 2.51. The Morgan fingerprint density at radius 2 is 2.25 bits per heavy atom. The van der Waals surface area contributed by atoms with E-state index in [2.05, 4.69) is 28.9 Å². The second kappa shape index (κ2) is 2.82. The largest absolute Gasteiger partial charge is 0.321 e. The fourth-order valence-electron chi connectivity index (χ4n) is 1.61. The molecule has 1 aliphatic carbocycles. The van der Waals surface area contributed by atoms with Crippen LogP contribution in [0.1, 0.15) is 29.0 Å². The van der Waals surface area contributed by atoms with Crippen molar-refractivity contribution in [3.8, 4) is 0 Å². The van der Waals surface area contributed by atoms with Crippen LogP contribution in [0.5, 0.6) is 0 Å². The number of halogens is 1. The van der Waals surface area contributed by atoms with Crippen LogP contribution >= 0.6 is 27.3 Å². The Hall–Kier alpha value is 0.140. The summed E-state index contributed by atoms with van der Waals surface area (Å²) in [6, 6.07) is 2.16. The lowest BCUT2D eigenvalue weighted by Gasteiger charge is -2.37. The molecule has 1 aromatic rings. The van der Waals surface area contributed by atoms with Gasteiger partial charge in [0.1, 0.15) is 0 Å². The van der Waals surface area contributed by atoms with E-state index < -0.39 is 0 Å². The SMILES string of the molecule is Cc1cc(Br)c(C2(N)CCC2)s1. The van der Waals surface area contributed by atoms with Gasteiger partial charge in [-0.15, -0.1) is 11.3 Å². The molecule has 0 unspecified atom stereocenters. The minimum atomic E-state index is -0.00222. The zero-order valence-electron chi connectivity index (χ0n) is 7.06. The van der Waals surface area contributed by atoms with Gasteiger partial charge in [0, 0.05) is 14.2 Å². The lowest BCUT2D eigenvalue weighted by atomic mass is 9.77. The average Bonchev–Trinajstić information content (AvgIpc) is 2.25. The number of hydrogen-bond acceptors (Lipinski definition) is 2. The third kappa shape index (κ3) is 1.24. The molecule has 0 aliphatic heterocycles. The van der Waals surface area contributed by atoms with Crippen LogP contribution in [0.4, 0.5) is 0 Å². The average molecular weight is 246 g/mol. The number of aryl methyl sites for hydroxylation is 1. The lowest BCUT2D eigenvalue weighted by Crippen LogP contribution is -2.42. The van der Waals surface area contributed by atoms with Crippen LogP contribution in [-0.4, -0.2) is 0 Å². The quantitative estimate of drug-likeness (QED) is 0.809. The van der Waals surface area contributed by atoms with Crippen LogP contribution in [0.15, 0.2) is 10.5 Å². The molecule has 1 saturated carbocycles. The highest BCUT2D eigenvalue weighted by Crippen LogP contribution is 2.45. The summed E-state index contributed by atoms with van der Waals surface area (Å²) < 4.78 is 1.20. The Morgan fingerprint density at radius 1 is 1.58 bits per heavy atom. The van der Waals surface area contributed by atoms with Crippen LogP contribution in [0.2, 0.25) is 0 Å². The monoisotopic (exact) mass is 245 g/mol. The standard InChI is InChI=1S/C9H12BrNS/c1-6-5-7(10)8(12-6)9(11)3-2-4-9/h5H,2-4,11H2,1H3. The molecule has 0 amide bonds. The van der Waals surface area contributed by atoms with E-state index in [1.165, 1.54) is 20.6 Å². The van der Waals surface area contributed by atoms with Gasteiger partial charge in [0.15, 0.2) is 0 Å². The van der Waals surface area contributed by atoms with Crippen LogP contribution in [0.3, 0.4) is 0 Å². The van der Waals surface area contributed by atoms with E-state index in [1.54, 1.807) is 0 Å². The smallest absolute Gasteiger partial charge is 0.0515 e. The summed E-state index contributed by atoms with van der Waals surface area (Å²) in [5.41, 5.74) is 6.22. The van der Waals surface area contributed by atoms with Gasteiger partial charge in [-0.2, -0.15) is 0 Å². The molecule has 12 heavy (non-hydrogen) atoms. The van der Waals surface area contributed by atoms with Crippen molar-refractivity contribution in [2.24, 2.45) is 5.73 Å². The maximum Gasteiger partial charge on any atom is 0.0515 e. The van der Waals surface area contributed by atoms with Crippen LogP contribution in [0, 0.1) is 6.92 Å². The van der Waals surface area contributed by atoms with Gasteiger partial charge in [-0.05, 0) is 48.2 Å². The Kier molecular flexibility index (Phi) is 2.05. The zero-order valence-corrected chi connectivity index (χ0v) is 9.46. The molecule has 0 atom stereocenters. The first kappa shape index (κ1) is 8.73. The Bertz CT molecular complexity index is 301. The molecule has 0 spiro atoms. The van der Waals surface area contributed by atoms with Gasteiger partial charge in [0.2, 0.25) is 0 Å². The molecular formula is C9H12BrNS. The van der Waals surface area contributed by atoms with Gasteiger partial charge in [-0.1, -0.05) is 0 Å². The first-order valence-corrected chi connectivity index (χ1v) is 5.78. The van der Waals surface area contributed by atoms with Crippen LogP contribution in [-0.2, 0) is 5.54 Å². The summed E-state index contributed by atoms with van der Waals surface area (Å²) in [7, 11) is 0. The van der Waals surface area contributed by atoms with Crippen molar-refractivity contribution in [2.75, 3.05) is 0 Å². The second-order valence-corrected chi connectivity index (χ2v) is 5.65. The van der Waals surface area contributed by atoms with Crippen LogP contribution < -0.4 is 5.73 Å². The Morgan fingerprint density at radius 3 is 2.58 bits per heavy atom. The fourth-order valence-corrected chi connectivity index (χ4v) is 3.80. The van der Waals surface area contributed by atoms with Crippen molar-refractivity contribution < 1.29 is 0 Å². The summed E-state index contributed by atoms with van der Waals surface area (Å²) in [6.07, 6.45) is 3.57. The molecule has 0 saturated heterocycles. The zero-order chi connectivity index (χ0) is 8.77. The van der Waals surface area contributed by atoms with E-state index in [9.17, 15) is 0 Å². The topological polar surface area (TPSA) is 26.0 Å². The molecule has 1 heterocycles. The summed E-state index contributed by atoms with van der Waals surface area (Å²) in [6.45, 7) is 2.13. The molecule has 0 aromatic carbocycles. The van der Waals surface area contributed by atoms with Crippen molar-refractivity contribution in [3.63, 3.8) is 0 Å². The highest BCUT2D eigenvalue weighted by Gasteiger charge is 2.37. The van der Waals surface area contributed by atoms with E-state index in [-0.39, 0.29) is 5.54 Å². The highest BCUT2D eigenvalue weighted by atomic mass is 79.9. The molecule has 3 heteroatoms. The minimum absolute atomic E-state index is 0.00222. The van der Waals surface area contributed by atoms with Crippen molar-refractivity contribution in [1.29, 1.82) is 0 Å². The Balaban J connectivity index is 2.38. The van der Waals surface area contributed by atoms with E-state index in [4.69, 9.17) is 5.73 Å². The molecule has 0 bridgehead atoms. The molecule has 2 N–H and O–H groups in total. The highest BCUT2D eigenvalue weighted by molar-refractivity contribution is 9.10. The molecule has 0 radical (unpaired) electrons. The van der Waals surface area contributed by atoms with E-state index in [0.29, 0.717) is 0 Å². The molecule has 1 fully saturated rings. The van der Waals surface area contributed by atoms with E-state index >= 15 is 0 Å². The van der Waals surface area contributed by atoms with Crippen molar-refractivity contribution in [2.45, 2.75) is 31.7 Å². The first-order valence-electron chi connectivity index (χ1n) is 4.17. The van der Waals surface area contributed by atoms with Gasteiger partial charge >= 0.3 is 0 Å². The molecule has 66 valence electrons. The predicted octanol–water partition coefficient (Wildman–Crippen LogP) is 3.16. The number of rotatable bonds is 1. The van der Waals surface area contributed by atoms with Gasteiger partial charge in [-0.3, -0.25) is 0 Å². The van der Waals surface area contributed by atoms with Crippen molar-refractivity contribution >= 4 is 27.3 Å². The summed E-state index contributed by atoms with van der Waals surface area (Å²) >= 11 is 5.38. The first-order chi connectivity index (χ1) is 5.62. The molecular weight excluding hydrogens is 234 g/mol. The maximum atomic E-state index is 6.22. The predicted molar refractivity (Wildman–Crippen MR) is 56.5 cm³/mol. The van der Waals surface area contributed by atoms with Crippen molar-refractivity contribution in [1.82, 2.24) is 0 Å². The number of nitrogens with two attached hydrogens (primary N) is 1. The van der Waals surface area contributed by atoms with Gasteiger partial charge in [0.25, 0.3) is 0 Å². The van der Waals surface area contributed by atoms with Gasteiger partial charge in [-0.25, -0.2) is 0 Å².